The Balaban J connectivity index is 1.15. The highest BCUT2D eigenvalue weighted by Crippen LogP contribution is 2.66. The molecule has 3 aliphatic carbocycles. The van der Waals surface area contributed by atoms with Crippen molar-refractivity contribution in [1.29, 1.82) is 0 Å². The van der Waals surface area contributed by atoms with E-state index in [0.717, 1.165) is 43.4 Å². The Morgan fingerprint density at radius 3 is 2.21 bits per heavy atom. The lowest BCUT2D eigenvalue weighted by molar-refractivity contribution is -0.199. The average molecular weight is 858 g/mol. The Bertz CT molecular complexity index is 1860. The zero-order chi connectivity index (χ0) is 45.4. The van der Waals surface area contributed by atoms with E-state index < -0.39 is 60.3 Å². The summed E-state index contributed by atoms with van der Waals surface area (Å²) in [6.45, 7) is 14.4. The number of aliphatic hydroxyl groups excluding tert-OH is 1. The topological polar surface area (TPSA) is 213 Å². The van der Waals surface area contributed by atoms with Gasteiger partial charge >= 0.3 is 7.12 Å². The second-order valence-corrected chi connectivity index (χ2v) is 19.3. The van der Waals surface area contributed by atoms with Gasteiger partial charge in [-0.25, -0.2) is 0 Å². The standard InChI is InChI=1S/C48H72BN5O8/c1-8-9-12-32-14-16-33(17-15-32)37-19-18-35(28-52-37)39(56)25-34(20-22-51)46(60)54-44(31(4)55)41(58)23-29(2)45(59)53-38(13-10-11-21-50)40(57)24-30(3)49-61-43-27-36-26-42(47(36,5)6)48(43,7)62-49/h14-19,28-31,34,36,38,42-44,55H,8-13,20-27,50-51H2,1-7H3,(H,53,59)(H,54,60)/t29-,30-,31-,34-,36+,38+,42+,43?,44+,48+/m1/s1. The number of carbonyl (C=O) groups is 5. The maximum absolute atomic E-state index is 13.8. The molecule has 1 unspecified atom stereocenters. The second-order valence-electron chi connectivity index (χ2n) is 19.3. The van der Waals surface area contributed by atoms with Gasteiger partial charge in [-0.15, -0.1) is 0 Å². The van der Waals surface area contributed by atoms with Gasteiger partial charge in [-0.2, -0.15) is 0 Å². The number of hydrogen-bond donors (Lipinski definition) is 5. The molecule has 6 rings (SSSR count). The monoisotopic (exact) mass is 858 g/mol. The van der Waals surface area contributed by atoms with E-state index in [9.17, 15) is 29.1 Å². The number of aliphatic hydroxyl groups is 1. The molecule has 4 fully saturated rings. The summed E-state index contributed by atoms with van der Waals surface area (Å²) in [5.74, 6) is -3.09. The van der Waals surface area contributed by atoms with Crippen LogP contribution in [0.5, 0.6) is 0 Å². The van der Waals surface area contributed by atoms with Gasteiger partial charge < -0.3 is 36.5 Å². The number of nitrogens with one attached hydrogen (secondary N) is 2. The number of amides is 2. The molecule has 340 valence electrons. The molecule has 7 N–H and O–H groups in total. The van der Waals surface area contributed by atoms with Gasteiger partial charge in [-0.05, 0) is 119 Å². The van der Waals surface area contributed by atoms with Crippen LogP contribution in [0, 0.1) is 29.1 Å². The number of hydrogen-bond acceptors (Lipinski definition) is 11. The molecule has 0 spiro atoms. The van der Waals surface area contributed by atoms with E-state index in [4.69, 9.17) is 20.8 Å². The van der Waals surface area contributed by atoms with Crippen LogP contribution in [0.2, 0.25) is 5.82 Å². The summed E-state index contributed by atoms with van der Waals surface area (Å²) >= 11 is 0. The maximum Gasteiger partial charge on any atom is 0.461 e. The molecule has 1 aliphatic heterocycles. The third-order valence-corrected chi connectivity index (χ3v) is 14.2. The van der Waals surface area contributed by atoms with Crippen molar-refractivity contribution in [2.45, 2.75) is 161 Å². The van der Waals surface area contributed by atoms with Gasteiger partial charge in [-0.3, -0.25) is 29.0 Å². The molecule has 1 saturated heterocycles. The molecule has 10 atom stereocenters. The van der Waals surface area contributed by atoms with Crippen molar-refractivity contribution in [1.82, 2.24) is 15.6 Å². The van der Waals surface area contributed by atoms with E-state index in [-0.39, 0.29) is 61.1 Å². The van der Waals surface area contributed by atoms with E-state index in [1.165, 1.54) is 18.7 Å². The first-order chi connectivity index (χ1) is 29.4. The Labute approximate surface area is 369 Å². The van der Waals surface area contributed by atoms with E-state index in [2.05, 4.69) is 55.4 Å². The Morgan fingerprint density at radius 1 is 0.871 bits per heavy atom. The van der Waals surface area contributed by atoms with Crippen LogP contribution in [0.1, 0.15) is 135 Å². The van der Waals surface area contributed by atoms with Crippen molar-refractivity contribution in [3.8, 4) is 11.3 Å². The summed E-state index contributed by atoms with van der Waals surface area (Å²) < 4.78 is 13.1. The highest BCUT2D eigenvalue weighted by atomic mass is 16.7. The molecular formula is C48H72BN5O8. The van der Waals surface area contributed by atoms with Crippen LogP contribution in [-0.2, 0) is 34.9 Å². The van der Waals surface area contributed by atoms with Gasteiger partial charge in [0.05, 0.1) is 29.5 Å². The van der Waals surface area contributed by atoms with Gasteiger partial charge in [0.2, 0.25) is 11.8 Å². The molecule has 13 nitrogen and oxygen atoms in total. The third-order valence-electron chi connectivity index (χ3n) is 14.2. The van der Waals surface area contributed by atoms with Crippen LogP contribution < -0.4 is 22.1 Å². The Kier molecular flexibility index (Phi) is 17.2. The van der Waals surface area contributed by atoms with Crippen LogP contribution in [-0.4, -0.2) is 89.4 Å². The fourth-order valence-electron chi connectivity index (χ4n) is 9.90. The van der Waals surface area contributed by atoms with Crippen LogP contribution >= 0.6 is 0 Å². The number of unbranched alkanes of at least 4 members (excludes halogenated alkanes) is 2. The molecule has 2 bridgehead atoms. The van der Waals surface area contributed by atoms with Crippen LogP contribution in [0.25, 0.3) is 11.3 Å². The van der Waals surface area contributed by atoms with Crippen molar-refractivity contribution in [3.63, 3.8) is 0 Å². The molecule has 4 aliphatic rings. The molecule has 1 aromatic carbocycles. The number of nitrogens with zero attached hydrogens (tertiary/aromatic N) is 1. The van der Waals surface area contributed by atoms with Crippen LogP contribution in [0.3, 0.4) is 0 Å². The number of nitrogens with two attached hydrogens (primary N) is 2. The molecule has 1 aromatic heterocycles. The third kappa shape index (κ3) is 11.7. The van der Waals surface area contributed by atoms with E-state index in [1.54, 1.807) is 19.1 Å². The first kappa shape index (κ1) is 49.2. The number of pyridine rings is 1. The zero-order valence-corrected chi connectivity index (χ0v) is 38.1. The number of rotatable bonds is 25. The number of aryl methyl sites for hydroxylation is 1. The first-order valence-corrected chi connectivity index (χ1v) is 23.1. The number of Topliss-reactive ketones (excluding diaryl/α,β-unsaturated/α-hetero) is 3. The van der Waals surface area contributed by atoms with Crippen molar-refractivity contribution in [2.24, 2.45) is 40.6 Å². The van der Waals surface area contributed by atoms with Crippen molar-refractivity contribution < 1.29 is 38.4 Å². The van der Waals surface area contributed by atoms with E-state index in [0.29, 0.717) is 43.2 Å². The zero-order valence-electron chi connectivity index (χ0n) is 38.1. The smallest absolute Gasteiger partial charge is 0.405 e. The molecule has 3 saturated carbocycles. The van der Waals surface area contributed by atoms with Gasteiger partial charge in [-0.1, -0.05) is 65.3 Å². The molecule has 2 heterocycles. The summed E-state index contributed by atoms with van der Waals surface area (Å²) in [4.78, 5) is 72.5. The predicted molar refractivity (Wildman–Crippen MR) is 241 cm³/mol. The van der Waals surface area contributed by atoms with Crippen molar-refractivity contribution in [3.05, 3.63) is 53.7 Å². The highest BCUT2D eigenvalue weighted by molar-refractivity contribution is 6.47. The summed E-state index contributed by atoms with van der Waals surface area (Å²) in [7, 11) is -0.524. The molecule has 62 heavy (non-hydrogen) atoms. The summed E-state index contributed by atoms with van der Waals surface area (Å²) in [6.07, 6.45) is 7.08. The first-order valence-electron chi connectivity index (χ1n) is 23.1. The fraction of sp³-hybridized carbons (Fsp3) is 0.667. The summed E-state index contributed by atoms with van der Waals surface area (Å²) in [5.41, 5.74) is 14.7. The van der Waals surface area contributed by atoms with Crippen LogP contribution in [0.15, 0.2) is 42.6 Å². The quantitative estimate of drug-likeness (QED) is 0.0459. The minimum atomic E-state index is -1.33. The lowest BCUT2D eigenvalue weighted by Gasteiger charge is -2.64. The second kappa shape index (κ2) is 21.7. The van der Waals surface area contributed by atoms with Gasteiger partial charge in [0.1, 0.15) is 6.04 Å². The minimum absolute atomic E-state index is 0.00497. The number of aromatic nitrogens is 1. The molecule has 2 amide bonds. The highest BCUT2D eigenvalue weighted by Gasteiger charge is 2.68. The van der Waals surface area contributed by atoms with Crippen molar-refractivity contribution >= 4 is 36.3 Å². The average Bonchev–Trinajstić information content (AvgIpc) is 3.61. The van der Waals surface area contributed by atoms with Gasteiger partial charge in [0, 0.05) is 48.4 Å². The number of carbonyl (C=O) groups excluding carboxylic acids is 5. The van der Waals surface area contributed by atoms with Gasteiger partial charge in [0.25, 0.3) is 0 Å². The van der Waals surface area contributed by atoms with E-state index in [1.807, 2.05) is 19.1 Å². The van der Waals surface area contributed by atoms with E-state index >= 15 is 0 Å². The minimum Gasteiger partial charge on any atom is -0.405 e. The molecule has 14 heteroatoms. The lowest BCUT2D eigenvalue weighted by atomic mass is 9.43. The summed E-state index contributed by atoms with van der Waals surface area (Å²) in [6, 6.07) is 9.54. The maximum atomic E-state index is 13.8. The number of ketones is 3. The SMILES string of the molecule is CCCCc1ccc(-c2ccc(C(=O)C[C@@H](CCN)C(=O)N[C@H](C(=O)C[C@@H](C)C(=O)N[C@@H](CCCCN)C(=O)C[C@@H](C)B3OC4C[C@@H]5C[C@@H](C5(C)C)[C@]4(C)O3)[C@@H](C)O)cn2)cc1. The molecule has 0 radical (unpaired) electrons. The van der Waals surface area contributed by atoms with Crippen LogP contribution in [0.4, 0.5) is 0 Å². The molecular weight excluding hydrogens is 785 g/mol. The molecule has 2 aromatic rings. The van der Waals surface area contributed by atoms with Gasteiger partial charge in [0.15, 0.2) is 17.3 Å². The Hall–Kier alpha value is -3.82. The predicted octanol–water partition coefficient (Wildman–Crippen LogP) is 5.78. The number of benzene rings is 1. The van der Waals surface area contributed by atoms with Crippen molar-refractivity contribution in [2.75, 3.05) is 13.1 Å². The summed E-state index contributed by atoms with van der Waals surface area (Å²) in [5, 5.41) is 16.2. The Morgan fingerprint density at radius 2 is 1.60 bits per heavy atom. The fourth-order valence-corrected chi connectivity index (χ4v) is 9.90. The largest absolute Gasteiger partial charge is 0.461 e. The normalized spacial score (nSPS) is 24.1. The lowest BCUT2D eigenvalue weighted by Crippen LogP contribution is -2.65.